The fourth-order valence-corrected chi connectivity index (χ4v) is 2.21. The summed E-state index contributed by atoms with van der Waals surface area (Å²) in [4.78, 5) is 27.0. The second kappa shape index (κ2) is 10.0. The Hall–Kier alpha value is -3.74. The third kappa shape index (κ3) is 7.50. The first kappa shape index (κ1) is 24.5. The number of alkyl halides is 6. The topological polar surface area (TPSA) is 85.9 Å². The standard InChI is InChI=1S/C19H14F6N2O5/c1-30-15-9-6-13(16(28)32-27-26-17(29)18(20,21)22)10-12(15)5-2-11-3-7-14(8-4-11)31-19(23,24)25/h2-10,27H,1H3,(H,26,29). The minimum atomic E-state index is -5.17. The van der Waals surface area contributed by atoms with Gasteiger partial charge in [-0.3, -0.25) is 10.2 Å². The van der Waals surface area contributed by atoms with E-state index in [0.717, 1.165) is 17.6 Å². The summed E-state index contributed by atoms with van der Waals surface area (Å²) in [5.74, 6) is -3.57. The first-order valence-electron chi connectivity index (χ1n) is 8.44. The highest BCUT2D eigenvalue weighted by Gasteiger charge is 2.38. The van der Waals surface area contributed by atoms with Crippen LogP contribution in [0.25, 0.3) is 12.2 Å². The second-order valence-electron chi connectivity index (χ2n) is 5.85. The van der Waals surface area contributed by atoms with E-state index in [1.165, 1.54) is 55.2 Å². The van der Waals surface area contributed by atoms with Crippen molar-refractivity contribution in [2.75, 3.05) is 7.11 Å². The summed E-state index contributed by atoms with van der Waals surface area (Å²) in [5, 5.41) is 0. The number of carbonyl (C=O) groups excluding carboxylic acids is 2. The number of amides is 1. The normalized spacial score (nSPS) is 11.8. The first-order chi connectivity index (χ1) is 14.9. The summed E-state index contributed by atoms with van der Waals surface area (Å²) in [6.45, 7) is 0. The van der Waals surface area contributed by atoms with Gasteiger partial charge in [0.2, 0.25) is 0 Å². The summed E-state index contributed by atoms with van der Waals surface area (Å²) in [6.07, 6.45) is -7.00. The van der Waals surface area contributed by atoms with Gasteiger partial charge < -0.3 is 14.3 Å². The van der Waals surface area contributed by atoms with Gasteiger partial charge in [-0.15, -0.1) is 13.2 Å². The number of halogens is 6. The van der Waals surface area contributed by atoms with Crippen LogP contribution in [-0.2, 0) is 9.63 Å². The number of rotatable bonds is 7. The predicted octanol–water partition coefficient (Wildman–Crippen LogP) is 4.02. The van der Waals surface area contributed by atoms with Crippen LogP contribution >= 0.6 is 0 Å². The SMILES string of the molecule is COc1ccc(C(=O)ONNC(=O)C(F)(F)F)cc1C=Cc1ccc(OC(F)(F)F)cc1. The van der Waals surface area contributed by atoms with Crippen molar-refractivity contribution in [2.45, 2.75) is 12.5 Å². The van der Waals surface area contributed by atoms with Crippen LogP contribution in [0.5, 0.6) is 11.5 Å². The van der Waals surface area contributed by atoms with Gasteiger partial charge in [-0.05, 0) is 35.9 Å². The van der Waals surface area contributed by atoms with Crippen molar-refractivity contribution in [2.24, 2.45) is 0 Å². The largest absolute Gasteiger partial charge is 0.573 e. The molecule has 0 fully saturated rings. The van der Waals surface area contributed by atoms with Crippen LogP contribution in [0.4, 0.5) is 26.3 Å². The van der Waals surface area contributed by atoms with Gasteiger partial charge in [-0.2, -0.15) is 13.2 Å². The summed E-state index contributed by atoms with van der Waals surface area (Å²) in [6, 6.07) is 8.86. The molecule has 0 aromatic heterocycles. The molecule has 0 aliphatic rings. The van der Waals surface area contributed by atoms with E-state index in [9.17, 15) is 35.9 Å². The van der Waals surface area contributed by atoms with Crippen molar-refractivity contribution in [1.82, 2.24) is 11.0 Å². The van der Waals surface area contributed by atoms with Gasteiger partial charge in [0.1, 0.15) is 11.5 Å². The third-order valence-electron chi connectivity index (χ3n) is 3.60. The maximum absolute atomic E-state index is 12.2. The molecule has 2 N–H and O–H groups in total. The van der Waals surface area contributed by atoms with Crippen LogP contribution in [0.15, 0.2) is 42.5 Å². The lowest BCUT2D eigenvalue weighted by molar-refractivity contribution is -0.274. The maximum atomic E-state index is 12.2. The molecule has 0 saturated carbocycles. The first-order valence-corrected chi connectivity index (χ1v) is 8.44. The van der Waals surface area contributed by atoms with Gasteiger partial charge in [0.05, 0.1) is 12.7 Å². The molecule has 0 saturated heterocycles. The van der Waals surface area contributed by atoms with Crippen LogP contribution in [-0.4, -0.2) is 31.5 Å². The molecule has 2 rings (SSSR count). The quantitative estimate of drug-likeness (QED) is 0.366. The number of carbonyl (C=O) groups is 2. The molecule has 0 radical (unpaired) electrons. The van der Waals surface area contributed by atoms with E-state index in [1.807, 2.05) is 0 Å². The van der Waals surface area contributed by atoms with E-state index < -0.39 is 30.2 Å². The maximum Gasteiger partial charge on any atom is 0.573 e. The van der Waals surface area contributed by atoms with Crippen LogP contribution in [0.3, 0.4) is 0 Å². The van der Waals surface area contributed by atoms with Crippen LogP contribution in [0.2, 0.25) is 0 Å². The number of hydrogen-bond acceptors (Lipinski definition) is 6. The fraction of sp³-hybridized carbons (Fsp3) is 0.158. The van der Waals surface area contributed by atoms with Crippen LogP contribution in [0.1, 0.15) is 21.5 Å². The minimum absolute atomic E-state index is 0.104. The monoisotopic (exact) mass is 464 g/mol. The van der Waals surface area contributed by atoms with E-state index in [0.29, 0.717) is 16.9 Å². The molecule has 2 aromatic rings. The summed E-state index contributed by atoms with van der Waals surface area (Å²) in [7, 11) is 1.35. The molecule has 2 aromatic carbocycles. The Balaban J connectivity index is 2.09. The molecule has 0 aliphatic carbocycles. The smallest absolute Gasteiger partial charge is 0.496 e. The lowest BCUT2D eigenvalue weighted by Crippen LogP contribution is -2.45. The molecule has 1 amide bonds. The van der Waals surface area contributed by atoms with Gasteiger partial charge in [-0.25, -0.2) is 4.79 Å². The van der Waals surface area contributed by atoms with E-state index >= 15 is 0 Å². The van der Waals surface area contributed by atoms with Crippen molar-refractivity contribution in [3.63, 3.8) is 0 Å². The number of hydrogen-bond donors (Lipinski definition) is 2. The Morgan fingerprint density at radius 1 is 0.938 bits per heavy atom. The molecule has 0 atom stereocenters. The Morgan fingerprint density at radius 2 is 1.59 bits per heavy atom. The highest BCUT2D eigenvalue weighted by Crippen LogP contribution is 2.25. The van der Waals surface area contributed by atoms with Crippen LogP contribution < -0.4 is 20.5 Å². The summed E-state index contributed by atoms with van der Waals surface area (Å²) >= 11 is 0. The zero-order valence-electron chi connectivity index (χ0n) is 16.0. The highest BCUT2D eigenvalue weighted by atomic mass is 19.4. The van der Waals surface area contributed by atoms with Gasteiger partial charge in [0, 0.05) is 5.56 Å². The Kier molecular flexibility index (Phi) is 7.70. The van der Waals surface area contributed by atoms with Gasteiger partial charge in [0.25, 0.3) is 0 Å². The van der Waals surface area contributed by atoms with Crippen molar-refractivity contribution in [3.8, 4) is 11.5 Å². The molecule has 32 heavy (non-hydrogen) atoms. The van der Waals surface area contributed by atoms with Crippen molar-refractivity contribution >= 4 is 24.0 Å². The number of nitrogens with one attached hydrogen (secondary N) is 2. The van der Waals surface area contributed by atoms with E-state index in [4.69, 9.17) is 4.74 Å². The Labute approximate surface area is 176 Å². The van der Waals surface area contributed by atoms with E-state index in [1.54, 1.807) is 0 Å². The van der Waals surface area contributed by atoms with E-state index in [2.05, 4.69) is 9.57 Å². The lowest BCUT2D eigenvalue weighted by atomic mass is 10.1. The van der Waals surface area contributed by atoms with E-state index in [-0.39, 0.29) is 5.56 Å². The fourth-order valence-electron chi connectivity index (χ4n) is 2.21. The number of methoxy groups -OCH3 is 1. The molecule has 0 aliphatic heterocycles. The van der Waals surface area contributed by atoms with Crippen molar-refractivity contribution < 1.29 is 50.2 Å². The predicted molar refractivity (Wildman–Crippen MR) is 97.8 cm³/mol. The Bertz CT molecular complexity index is 987. The minimum Gasteiger partial charge on any atom is -0.496 e. The average molecular weight is 464 g/mol. The number of hydrazine groups is 1. The zero-order chi connectivity index (χ0) is 23.9. The van der Waals surface area contributed by atoms with Gasteiger partial charge in [-0.1, -0.05) is 29.9 Å². The highest BCUT2D eigenvalue weighted by molar-refractivity contribution is 5.91. The molecular formula is C19H14F6N2O5. The van der Waals surface area contributed by atoms with Gasteiger partial charge in [0.15, 0.2) is 0 Å². The second-order valence-corrected chi connectivity index (χ2v) is 5.85. The molecular weight excluding hydrogens is 450 g/mol. The number of benzene rings is 2. The molecule has 7 nitrogen and oxygen atoms in total. The Morgan fingerprint density at radius 3 is 2.16 bits per heavy atom. The zero-order valence-corrected chi connectivity index (χ0v) is 16.0. The average Bonchev–Trinajstić information content (AvgIpc) is 2.71. The summed E-state index contributed by atoms with van der Waals surface area (Å²) < 4.78 is 81.8. The molecule has 172 valence electrons. The van der Waals surface area contributed by atoms with Crippen LogP contribution in [0, 0.1) is 0 Å². The molecule has 13 heteroatoms. The molecule has 0 unspecified atom stereocenters. The molecule has 0 bridgehead atoms. The van der Waals surface area contributed by atoms with Crippen molar-refractivity contribution in [1.29, 1.82) is 0 Å². The molecule has 0 spiro atoms. The van der Waals surface area contributed by atoms with Crippen molar-refractivity contribution in [3.05, 3.63) is 59.2 Å². The van der Waals surface area contributed by atoms with Gasteiger partial charge >= 0.3 is 24.4 Å². The lowest BCUT2D eigenvalue weighted by Gasteiger charge is -2.10. The molecule has 0 heterocycles. The summed E-state index contributed by atoms with van der Waals surface area (Å²) in [5.41, 5.74) is 3.29. The number of ether oxygens (including phenoxy) is 2. The third-order valence-corrected chi connectivity index (χ3v) is 3.60.